The first-order chi connectivity index (χ1) is 13.6. The van der Waals surface area contributed by atoms with Gasteiger partial charge in [-0.3, -0.25) is 4.79 Å². The van der Waals surface area contributed by atoms with Gasteiger partial charge in [-0.2, -0.15) is 5.10 Å². The topological polar surface area (TPSA) is 59.0 Å². The van der Waals surface area contributed by atoms with Crippen LogP contribution < -0.4 is 10.6 Å². The van der Waals surface area contributed by atoms with Crippen molar-refractivity contribution < 1.29 is 4.79 Å². The number of para-hydroxylation sites is 1. The zero-order chi connectivity index (χ0) is 19.5. The second-order valence-corrected chi connectivity index (χ2v) is 7.99. The van der Waals surface area contributed by atoms with E-state index in [-0.39, 0.29) is 18.3 Å². The van der Waals surface area contributed by atoms with Gasteiger partial charge in [-0.1, -0.05) is 34.1 Å². The number of aryl methyl sites for hydroxylation is 1. The first-order valence-electron chi connectivity index (χ1n) is 9.55. The average molecular weight is 476 g/mol. The highest BCUT2D eigenvalue weighted by Crippen LogP contribution is 2.31. The lowest BCUT2D eigenvalue weighted by Crippen LogP contribution is -2.29. The zero-order valence-corrected chi connectivity index (χ0v) is 18.6. The Labute approximate surface area is 185 Å². The van der Waals surface area contributed by atoms with Crippen LogP contribution in [0.1, 0.15) is 40.4 Å². The minimum atomic E-state index is -0.113. The van der Waals surface area contributed by atoms with Crippen molar-refractivity contribution in [2.24, 2.45) is 0 Å². The van der Waals surface area contributed by atoms with Crippen molar-refractivity contribution >= 4 is 39.9 Å². The van der Waals surface area contributed by atoms with Crippen molar-refractivity contribution in [3.05, 3.63) is 76.0 Å². The molecule has 29 heavy (non-hydrogen) atoms. The number of nitrogens with zero attached hydrogens (tertiary/aromatic N) is 2. The minimum Gasteiger partial charge on any atom is -0.322 e. The van der Waals surface area contributed by atoms with E-state index in [1.165, 1.54) is 0 Å². The quantitative estimate of drug-likeness (QED) is 0.553. The second-order valence-electron chi connectivity index (χ2n) is 7.13. The third kappa shape index (κ3) is 4.71. The van der Waals surface area contributed by atoms with Gasteiger partial charge in [-0.05, 0) is 68.8 Å². The minimum absolute atomic E-state index is 0. The average Bonchev–Trinajstić information content (AvgIpc) is 3.17. The van der Waals surface area contributed by atoms with Crippen molar-refractivity contribution in [2.45, 2.75) is 25.7 Å². The Balaban J connectivity index is 0.00000240. The largest absolute Gasteiger partial charge is 0.322 e. The molecule has 2 heterocycles. The number of piperidine rings is 1. The summed E-state index contributed by atoms with van der Waals surface area (Å²) in [5.41, 5.74) is 4.50. The van der Waals surface area contributed by atoms with Crippen molar-refractivity contribution in [3.63, 3.8) is 0 Å². The highest BCUT2D eigenvalue weighted by Gasteiger charge is 2.27. The van der Waals surface area contributed by atoms with Gasteiger partial charge in [-0.25, -0.2) is 4.68 Å². The van der Waals surface area contributed by atoms with Crippen LogP contribution in [0.25, 0.3) is 5.69 Å². The number of nitrogens with one attached hydrogen (secondary N) is 2. The summed E-state index contributed by atoms with van der Waals surface area (Å²) in [6, 6.07) is 15.8. The Morgan fingerprint density at radius 2 is 1.90 bits per heavy atom. The molecule has 1 fully saturated rings. The Morgan fingerprint density at radius 3 is 2.59 bits per heavy atom. The van der Waals surface area contributed by atoms with Crippen molar-refractivity contribution in [3.8, 4) is 5.69 Å². The number of benzene rings is 2. The molecule has 3 aromatic rings. The lowest BCUT2D eigenvalue weighted by Gasteiger charge is -2.24. The maximum atomic E-state index is 13.1. The van der Waals surface area contributed by atoms with Gasteiger partial charge < -0.3 is 10.6 Å². The van der Waals surface area contributed by atoms with Gasteiger partial charge >= 0.3 is 0 Å². The van der Waals surface area contributed by atoms with Crippen LogP contribution >= 0.6 is 28.3 Å². The van der Waals surface area contributed by atoms with E-state index < -0.39 is 0 Å². The summed E-state index contributed by atoms with van der Waals surface area (Å²) >= 11 is 3.50. The number of carbonyl (C=O) groups excluding carboxylic acids is 1. The molecule has 152 valence electrons. The molecule has 5 nitrogen and oxygen atoms in total. The molecule has 1 saturated heterocycles. The molecule has 0 bridgehead atoms. The summed E-state index contributed by atoms with van der Waals surface area (Å²) in [7, 11) is 0. The van der Waals surface area contributed by atoms with E-state index in [0.29, 0.717) is 11.5 Å². The Bertz CT molecular complexity index is 984. The van der Waals surface area contributed by atoms with E-state index in [1.54, 1.807) is 6.20 Å². The van der Waals surface area contributed by atoms with Gasteiger partial charge in [-0.15, -0.1) is 12.4 Å². The third-order valence-corrected chi connectivity index (χ3v) is 6.08. The van der Waals surface area contributed by atoms with Crippen LogP contribution in [0.4, 0.5) is 5.69 Å². The molecule has 4 rings (SSSR count). The maximum absolute atomic E-state index is 13.1. The number of aromatic nitrogens is 2. The van der Waals surface area contributed by atoms with Gasteiger partial charge in [0, 0.05) is 16.1 Å². The van der Waals surface area contributed by atoms with E-state index >= 15 is 0 Å². The van der Waals surface area contributed by atoms with Crippen LogP contribution in [0.2, 0.25) is 0 Å². The molecular weight excluding hydrogens is 452 g/mol. The predicted octanol–water partition coefficient (Wildman–Crippen LogP) is 5.08. The number of hydrogen-bond donors (Lipinski definition) is 2. The van der Waals surface area contributed by atoms with E-state index in [4.69, 9.17) is 0 Å². The van der Waals surface area contributed by atoms with Crippen LogP contribution in [-0.2, 0) is 0 Å². The smallest absolute Gasteiger partial charge is 0.259 e. The summed E-state index contributed by atoms with van der Waals surface area (Å²) in [4.78, 5) is 13.1. The molecule has 1 aromatic heterocycles. The Kier molecular flexibility index (Phi) is 7.11. The fourth-order valence-corrected chi connectivity index (χ4v) is 3.96. The fraction of sp³-hybridized carbons (Fsp3) is 0.273. The van der Waals surface area contributed by atoms with E-state index in [9.17, 15) is 4.79 Å². The van der Waals surface area contributed by atoms with Crippen molar-refractivity contribution in [1.82, 2.24) is 15.1 Å². The third-order valence-electron chi connectivity index (χ3n) is 5.19. The van der Waals surface area contributed by atoms with E-state index in [1.807, 2.05) is 60.1 Å². The molecule has 0 aliphatic carbocycles. The highest BCUT2D eigenvalue weighted by molar-refractivity contribution is 9.10. The monoisotopic (exact) mass is 474 g/mol. The summed E-state index contributed by atoms with van der Waals surface area (Å²) < 4.78 is 2.95. The van der Waals surface area contributed by atoms with E-state index in [0.717, 1.165) is 53.0 Å². The van der Waals surface area contributed by atoms with Crippen LogP contribution in [0.3, 0.4) is 0 Å². The number of hydrogen-bond acceptors (Lipinski definition) is 3. The lowest BCUT2D eigenvalue weighted by atomic mass is 9.91. The number of halogens is 2. The van der Waals surface area contributed by atoms with Gasteiger partial charge in [0.15, 0.2) is 0 Å². The first-order valence-corrected chi connectivity index (χ1v) is 10.3. The van der Waals surface area contributed by atoms with Gasteiger partial charge in [0.1, 0.15) is 0 Å². The van der Waals surface area contributed by atoms with Gasteiger partial charge in [0.25, 0.3) is 5.91 Å². The van der Waals surface area contributed by atoms with Gasteiger partial charge in [0.2, 0.25) is 0 Å². The Morgan fingerprint density at radius 1 is 1.17 bits per heavy atom. The van der Waals surface area contributed by atoms with Crippen molar-refractivity contribution in [1.29, 1.82) is 0 Å². The molecule has 1 aliphatic rings. The van der Waals surface area contributed by atoms with Crippen LogP contribution in [-0.4, -0.2) is 28.8 Å². The number of rotatable bonds is 4. The molecule has 0 saturated carbocycles. The number of amides is 1. The fourth-order valence-electron chi connectivity index (χ4n) is 3.72. The molecule has 0 unspecified atom stereocenters. The predicted molar refractivity (Wildman–Crippen MR) is 122 cm³/mol. The molecular formula is C22H24BrClN4O. The SMILES string of the molecule is Cc1cc(NC(=O)c2cnn(-c3ccccc3)c2C2CCNCC2)ccc1Br.Cl. The molecule has 7 heteroatoms. The van der Waals surface area contributed by atoms with Gasteiger partial charge in [0.05, 0.1) is 23.1 Å². The molecule has 2 aromatic carbocycles. The summed E-state index contributed by atoms with van der Waals surface area (Å²) in [5, 5.41) is 11.0. The highest BCUT2D eigenvalue weighted by atomic mass is 79.9. The summed E-state index contributed by atoms with van der Waals surface area (Å²) in [6.07, 6.45) is 3.69. The molecule has 0 spiro atoms. The normalized spacial score (nSPS) is 14.3. The molecule has 2 N–H and O–H groups in total. The van der Waals surface area contributed by atoms with E-state index in [2.05, 4.69) is 31.7 Å². The Hall–Kier alpha value is -2.15. The standard InChI is InChI=1S/C22H23BrN4O.ClH/c1-15-13-17(7-8-20(15)23)26-22(28)19-14-25-27(18-5-3-2-4-6-18)21(19)16-9-11-24-12-10-16;/h2-8,13-14,16,24H,9-12H2,1H3,(H,26,28);1H. The van der Waals surface area contributed by atoms with Crippen LogP contribution in [0.15, 0.2) is 59.2 Å². The van der Waals surface area contributed by atoms with Crippen LogP contribution in [0, 0.1) is 6.92 Å². The summed E-state index contributed by atoms with van der Waals surface area (Å²) in [5.74, 6) is 0.189. The molecule has 0 radical (unpaired) electrons. The van der Waals surface area contributed by atoms with Crippen molar-refractivity contribution in [2.75, 3.05) is 18.4 Å². The zero-order valence-electron chi connectivity index (χ0n) is 16.2. The van der Waals surface area contributed by atoms with Crippen LogP contribution in [0.5, 0.6) is 0 Å². The number of anilines is 1. The lowest BCUT2D eigenvalue weighted by molar-refractivity contribution is 0.102. The first kappa shape index (κ1) is 21.6. The number of carbonyl (C=O) groups is 1. The molecule has 0 atom stereocenters. The second kappa shape index (κ2) is 9.57. The molecule has 1 aliphatic heterocycles. The molecule has 1 amide bonds. The maximum Gasteiger partial charge on any atom is 0.259 e. The summed E-state index contributed by atoms with van der Waals surface area (Å²) in [6.45, 7) is 3.92.